The third-order valence-corrected chi connectivity index (χ3v) is 1.35. The largest absolute Gasteiger partial charge is 0.743 e. The average Bonchev–Trinajstić information content (AvgIpc) is 1.88. The summed E-state index contributed by atoms with van der Waals surface area (Å²) in [5.74, 6) is 4.99. The number of aryl methyl sites for hydroxylation is 1. The van der Waals surface area contributed by atoms with Gasteiger partial charge in [0.15, 0.2) is 0 Å². The minimum absolute atomic E-state index is 0.370. The SMILES string of the molecule is Cc1ccccc1N(N)[O-]. The summed E-state index contributed by atoms with van der Waals surface area (Å²) in [6.07, 6.45) is 0. The van der Waals surface area contributed by atoms with Crippen LogP contribution in [0.25, 0.3) is 0 Å². The summed E-state index contributed by atoms with van der Waals surface area (Å²) >= 11 is 0. The second-order valence-corrected chi connectivity index (χ2v) is 2.11. The fraction of sp³-hybridized carbons (Fsp3) is 0.143. The first-order valence-electron chi connectivity index (χ1n) is 2.99. The predicted molar refractivity (Wildman–Crippen MR) is 41.2 cm³/mol. The van der Waals surface area contributed by atoms with Crippen molar-refractivity contribution in [2.75, 3.05) is 5.17 Å². The van der Waals surface area contributed by atoms with Crippen molar-refractivity contribution in [3.05, 3.63) is 35.0 Å². The highest BCUT2D eigenvalue weighted by Gasteiger charge is 1.92. The van der Waals surface area contributed by atoms with Gasteiger partial charge in [0, 0.05) is 5.69 Å². The van der Waals surface area contributed by atoms with Crippen LogP contribution in [-0.2, 0) is 0 Å². The second-order valence-electron chi connectivity index (χ2n) is 2.11. The Balaban J connectivity index is 3.03. The van der Waals surface area contributed by atoms with E-state index in [-0.39, 0.29) is 0 Å². The van der Waals surface area contributed by atoms with Crippen molar-refractivity contribution in [3.8, 4) is 0 Å². The van der Waals surface area contributed by atoms with Crippen LogP contribution in [0.4, 0.5) is 5.69 Å². The predicted octanol–water partition coefficient (Wildman–Crippen LogP) is 1.17. The molecule has 0 spiro atoms. The van der Waals surface area contributed by atoms with Crippen LogP contribution in [0.15, 0.2) is 24.3 Å². The molecule has 0 radical (unpaired) electrons. The van der Waals surface area contributed by atoms with Gasteiger partial charge in [-0.05, 0) is 18.6 Å². The normalized spacial score (nSPS) is 9.50. The summed E-state index contributed by atoms with van der Waals surface area (Å²) in [5, 5.41) is 10.9. The van der Waals surface area contributed by atoms with Crippen LogP contribution < -0.4 is 11.0 Å². The molecule has 0 aliphatic rings. The summed E-state index contributed by atoms with van der Waals surface area (Å²) in [5.41, 5.74) is 1.41. The van der Waals surface area contributed by atoms with Gasteiger partial charge >= 0.3 is 0 Å². The smallest absolute Gasteiger partial charge is 0.0432 e. The molecule has 0 amide bonds. The molecule has 0 aromatic heterocycles. The zero-order valence-electron chi connectivity index (χ0n) is 5.74. The maximum absolute atomic E-state index is 10.6. The molecule has 0 saturated heterocycles. The average molecular weight is 137 g/mol. The molecule has 10 heavy (non-hydrogen) atoms. The maximum Gasteiger partial charge on any atom is 0.0432 e. The van der Waals surface area contributed by atoms with Crippen LogP contribution in [0.2, 0.25) is 0 Å². The number of para-hydroxylation sites is 1. The number of benzene rings is 1. The standard InChI is InChI=1S/C7H9N2O/c1-6-4-2-3-5-7(6)9(8)10/h2-5H,8H2,1H3/q-1. The van der Waals surface area contributed by atoms with Gasteiger partial charge in [-0.3, -0.25) is 5.84 Å². The van der Waals surface area contributed by atoms with Gasteiger partial charge in [0.1, 0.15) is 0 Å². The van der Waals surface area contributed by atoms with Gasteiger partial charge in [0.05, 0.1) is 0 Å². The van der Waals surface area contributed by atoms with Crippen molar-refractivity contribution in [1.29, 1.82) is 0 Å². The molecular formula is C7H9N2O-. The maximum atomic E-state index is 10.6. The number of hydrogen-bond acceptors (Lipinski definition) is 3. The first-order chi connectivity index (χ1) is 4.72. The molecule has 0 bridgehead atoms. The van der Waals surface area contributed by atoms with E-state index in [1.807, 2.05) is 19.1 Å². The zero-order valence-corrected chi connectivity index (χ0v) is 5.74. The Hall–Kier alpha value is -1.06. The molecule has 0 saturated carbocycles. The summed E-state index contributed by atoms with van der Waals surface area (Å²) in [6.45, 7) is 1.84. The monoisotopic (exact) mass is 137 g/mol. The quantitative estimate of drug-likeness (QED) is 0.467. The Morgan fingerprint density at radius 1 is 1.40 bits per heavy atom. The van der Waals surface area contributed by atoms with E-state index in [0.29, 0.717) is 10.9 Å². The Labute approximate surface area is 59.6 Å². The van der Waals surface area contributed by atoms with E-state index in [1.54, 1.807) is 12.1 Å². The van der Waals surface area contributed by atoms with E-state index in [2.05, 4.69) is 0 Å². The zero-order chi connectivity index (χ0) is 7.56. The minimum atomic E-state index is 0.370. The van der Waals surface area contributed by atoms with E-state index in [4.69, 9.17) is 5.84 Å². The van der Waals surface area contributed by atoms with E-state index < -0.39 is 0 Å². The highest BCUT2D eigenvalue weighted by atomic mass is 16.5. The van der Waals surface area contributed by atoms with Gasteiger partial charge in [0.2, 0.25) is 0 Å². The summed E-state index contributed by atoms with van der Waals surface area (Å²) in [4.78, 5) is 0. The van der Waals surface area contributed by atoms with Crippen LogP contribution in [0.5, 0.6) is 0 Å². The third-order valence-electron chi connectivity index (χ3n) is 1.35. The van der Waals surface area contributed by atoms with E-state index in [9.17, 15) is 5.21 Å². The van der Waals surface area contributed by atoms with Crippen molar-refractivity contribution >= 4 is 5.69 Å². The number of rotatable bonds is 1. The summed E-state index contributed by atoms with van der Waals surface area (Å²) in [6, 6.07) is 7.16. The van der Waals surface area contributed by atoms with Gasteiger partial charge in [0.25, 0.3) is 0 Å². The summed E-state index contributed by atoms with van der Waals surface area (Å²) < 4.78 is 0. The van der Waals surface area contributed by atoms with Crippen LogP contribution >= 0.6 is 0 Å². The van der Waals surface area contributed by atoms with Crippen molar-refractivity contribution in [2.24, 2.45) is 5.84 Å². The Bertz CT molecular complexity index is 223. The van der Waals surface area contributed by atoms with E-state index in [0.717, 1.165) is 5.56 Å². The van der Waals surface area contributed by atoms with Crippen LogP contribution in [0.3, 0.4) is 0 Å². The molecule has 2 N–H and O–H groups in total. The Kier molecular flexibility index (Phi) is 1.89. The lowest BCUT2D eigenvalue weighted by Gasteiger charge is -2.25. The molecule has 54 valence electrons. The third kappa shape index (κ3) is 1.26. The fourth-order valence-corrected chi connectivity index (χ4v) is 0.811. The molecular weight excluding hydrogens is 128 g/mol. The molecule has 0 aliphatic carbocycles. The number of nitrogens with zero attached hydrogens (tertiary/aromatic N) is 1. The van der Waals surface area contributed by atoms with Gasteiger partial charge in [-0.15, -0.1) is 0 Å². The highest BCUT2D eigenvalue weighted by Crippen LogP contribution is 2.14. The molecule has 1 aromatic carbocycles. The number of nitrogens with two attached hydrogens (primary N) is 1. The number of anilines is 1. The molecule has 0 fully saturated rings. The van der Waals surface area contributed by atoms with E-state index >= 15 is 0 Å². The lowest BCUT2D eigenvalue weighted by molar-refractivity contribution is 1.07. The highest BCUT2D eigenvalue weighted by molar-refractivity contribution is 5.51. The Morgan fingerprint density at radius 2 is 2.00 bits per heavy atom. The number of hydrogen-bond donors (Lipinski definition) is 1. The first-order valence-corrected chi connectivity index (χ1v) is 2.99. The molecule has 1 rings (SSSR count). The molecule has 3 nitrogen and oxygen atoms in total. The lowest BCUT2D eigenvalue weighted by Crippen LogP contribution is -2.23. The fourth-order valence-electron chi connectivity index (χ4n) is 0.811. The second kappa shape index (κ2) is 2.68. The molecule has 0 unspecified atom stereocenters. The topological polar surface area (TPSA) is 52.3 Å². The van der Waals surface area contributed by atoms with E-state index in [1.165, 1.54) is 0 Å². The molecule has 0 heterocycles. The molecule has 1 aromatic rings. The van der Waals surface area contributed by atoms with Gasteiger partial charge < -0.3 is 10.4 Å². The van der Waals surface area contributed by atoms with Gasteiger partial charge in [-0.2, -0.15) is 0 Å². The molecule has 0 aliphatic heterocycles. The molecule has 0 atom stereocenters. The van der Waals surface area contributed by atoms with Crippen LogP contribution in [0.1, 0.15) is 5.56 Å². The minimum Gasteiger partial charge on any atom is -0.743 e. The van der Waals surface area contributed by atoms with Crippen LogP contribution in [0, 0.1) is 12.1 Å². The Morgan fingerprint density at radius 3 is 2.40 bits per heavy atom. The van der Waals surface area contributed by atoms with Crippen molar-refractivity contribution in [3.63, 3.8) is 0 Å². The summed E-state index contributed by atoms with van der Waals surface area (Å²) in [7, 11) is 0. The van der Waals surface area contributed by atoms with Gasteiger partial charge in [-0.25, -0.2) is 0 Å². The molecule has 3 heteroatoms. The first kappa shape index (κ1) is 7.05. The van der Waals surface area contributed by atoms with Crippen molar-refractivity contribution in [2.45, 2.75) is 6.92 Å². The number of hydrazine groups is 1. The van der Waals surface area contributed by atoms with Crippen molar-refractivity contribution in [1.82, 2.24) is 0 Å². The van der Waals surface area contributed by atoms with Crippen molar-refractivity contribution < 1.29 is 0 Å². The lowest BCUT2D eigenvalue weighted by atomic mass is 10.2. The van der Waals surface area contributed by atoms with Crippen LogP contribution in [-0.4, -0.2) is 0 Å². The van der Waals surface area contributed by atoms with Gasteiger partial charge in [-0.1, -0.05) is 18.2 Å².